The van der Waals surface area contributed by atoms with Crippen molar-refractivity contribution in [1.29, 1.82) is 0 Å². The first-order valence-corrected chi connectivity index (χ1v) is 8.03. The molecule has 2 heterocycles. The van der Waals surface area contributed by atoms with Gasteiger partial charge in [-0.15, -0.1) is 10.2 Å². The van der Waals surface area contributed by atoms with Crippen LogP contribution in [-0.4, -0.2) is 33.2 Å². The summed E-state index contributed by atoms with van der Waals surface area (Å²) in [6.45, 7) is 3.00. The minimum Gasteiger partial charge on any atom is -0.377 e. The van der Waals surface area contributed by atoms with E-state index in [2.05, 4.69) is 33.8 Å². The molecular formula is C15H19N3OS. The van der Waals surface area contributed by atoms with E-state index in [9.17, 15) is 0 Å². The highest BCUT2D eigenvalue weighted by molar-refractivity contribution is 7.99. The van der Waals surface area contributed by atoms with Gasteiger partial charge in [0.2, 0.25) is 0 Å². The number of aromatic nitrogens is 3. The molecule has 0 radical (unpaired) electrons. The van der Waals surface area contributed by atoms with Crippen LogP contribution in [0.5, 0.6) is 0 Å². The predicted molar refractivity (Wildman–Crippen MR) is 80.4 cm³/mol. The molecule has 4 nitrogen and oxygen atoms in total. The molecule has 1 saturated heterocycles. The Morgan fingerprint density at radius 1 is 1.35 bits per heavy atom. The van der Waals surface area contributed by atoms with Crippen LogP contribution in [0, 0.1) is 6.92 Å². The zero-order valence-corrected chi connectivity index (χ0v) is 12.5. The zero-order valence-electron chi connectivity index (χ0n) is 11.7. The van der Waals surface area contributed by atoms with E-state index < -0.39 is 0 Å². The summed E-state index contributed by atoms with van der Waals surface area (Å²) in [5, 5.41) is 9.23. The maximum atomic E-state index is 5.77. The van der Waals surface area contributed by atoms with E-state index in [0.29, 0.717) is 6.10 Å². The summed E-state index contributed by atoms with van der Waals surface area (Å²) in [4.78, 5) is 0. The predicted octanol–water partition coefficient (Wildman–Crippen LogP) is 3.24. The Morgan fingerprint density at radius 2 is 2.25 bits per heavy atom. The molecule has 1 atom stereocenters. The molecule has 0 N–H and O–H groups in total. The summed E-state index contributed by atoms with van der Waals surface area (Å²) in [6.07, 6.45) is 5.77. The van der Waals surface area contributed by atoms with Gasteiger partial charge < -0.3 is 4.74 Å². The second-order valence-corrected chi connectivity index (χ2v) is 6.06. The number of aryl methyl sites for hydroxylation is 1. The Labute approximate surface area is 123 Å². The number of nitrogens with zero attached hydrogens (tertiary/aromatic N) is 3. The number of benzene rings is 1. The van der Waals surface area contributed by atoms with Gasteiger partial charge in [-0.25, -0.2) is 0 Å². The monoisotopic (exact) mass is 289 g/mol. The summed E-state index contributed by atoms with van der Waals surface area (Å²) in [7, 11) is 0. The molecule has 0 saturated carbocycles. The fourth-order valence-electron chi connectivity index (χ4n) is 2.43. The van der Waals surface area contributed by atoms with E-state index in [0.717, 1.165) is 29.6 Å². The van der Waals surface area contributed by atoms with E-state index in [4.69, 9.17) is 4.74 Å². The lowest BCUT2D eigenvalue weighted by atomic mass is 10.1. The van der Waals surface area contributed by atoms with Crippen LogP contribution in [-0.2, 0) is 4.74 Å². The molecule has 3 rings (SSSR count). The van der Waals surface area contributed by atoms with Gasteiger partial charge in [-0.05, 0) is 37.8 Å². The standard InChI is InChI=1S/C15H19N3OS/c1-12-6-2-3-8-14(12)18-11-16-17-15(18)20-10-13-7-4-5-9-19-13/h2-3,6,8,11,13H,4-5,7,9-10H2,1H3/t13-/m1/s1. The molecule has 2 aromatic rings. The molecule has 5 heteroatoms. The van der Waals surface area contributed by atoms with Gasteiger partial charge in [-0.3, -0.25) is 4.57 Å². The second-order valence-electron chi connectivity index (χ2n) is 5.07. The van der Waals surface area contributed by atoms with Crippen molar-refractivity contribution in [3.05, 3.63) is 36.2 Å². The number of thioether (sulfide) groups is 1. The quantitative estimate of drug-likeness (QED) is 0.810. The van der Waals surface area contributed by atoms with Gasteiger partial charge in [0.15, 0.2) is 5.16 Å². The summed E-state index contributed by atoms with van der Waals surface area (Å²) >= 11 is 1.73. The molecule has 1 aliphatic heterocycles. The van der Waals surface area contributed by atoms with Crippen LogP contribution < -0.4 is 0 Å². The fourth-order valence-corrected chi connectivity index (χ4v) is 3.42. The maximum absolute atomic E-state index is 5.77. The van der Waals surface area contributed by atoms with Crippen LogP contribution in [0.15, 0.2) is 35.7 Å². The van der Waals surface area contributed by atoms with E-state index in [-0.39, 0.29) is 0 Å². The van der Waals surface area contributed by atoms with Crippen molar-refractivity contribution < 1.29 is 4.74 Å². The molecule has 1 aromatic carbocycles. The largest absolute Gasteiger partial charge is 0.377 e. The summed E-state index contributed by atoms with van der Waals surface area (Å²) in [5.41, 5.74) is 2.37. The first-order chi connectivity index (χ1) is 9.84. The van der Waals surface area contributed by atoms with Crippen LogP contribution >= 0.6 is 11.8 Å². The molecule has 0 spiro atoms. The van der Waals surface area contributed by atoms with Crippen LogP contribution in [0.25, 0.3) is 5.69 Å². The maximum Gasteiger partial charge on any atom is 0.195 e. The Hall–Kier alpha value is -1.33. The zero-order chi connectivity index (χ0) is 13.8. The number of ether oxygens (including phenoxy) is 1. The smallest absolute Gasteiger partial charge is 0.195 e. The third-order valence-corrected chi connectivity index (χ3v) is 4.64. The van der Waals surface area contributed by atoms with E-state index in [1.165, 1.54) is 18.4 Å². The molecule has 0 bridgehead atoms. The SMILES string of the molecule is Cc1ccccc1-n1cnnc1SC[C@H]1CCCCO1. The fraction of sp³-hybridized carbons (Fsp3) is 0.467. The third-order valence-electron chi connectivity index (χ3n) is 3.56. The molecule has 0 amide bonds. The highest BCUT2D eigenvalue weighted by Crippen LogP contribution is 2.25. The lowest BCUT2D eigenvalue weighted by Gasteiger charge is -2.21. The van der Waals surface area contributed by atoms with Gasteiger partial charge in [-0.1, -0.05) is 30.0 Å². The summed E-state index contributed by atoms with van der Waals surface area (Å²) < 4.78 is 7.83. The molecule has 1 aliphatic rings. The Bertz CT molecular complexity index is 564. The van der Waals surface area contributed by atoms with Crippen molar-refractivity contribution in [2.75, 3.05) is 12.4 Å². The number of hydrogen-bond acceptors (Lipinski definition) is 4. The molecule has 0 unspecified atom stereocenters. The first kappa shape index (κ1) is 13.6. The lowest BCUT2D eigenvalue weighted by molar-refractivity contribution is 0.0315. The van der Waals surface area contributed by atoms with Gasteiger partial charge in [-0.2, -0.15) is 0 Å². The molecule has 1 fully saturated rings. The summed E-state index contributed by atoms with van der Waals surface area (Å²) in [5.74, 6) is 0.949. The van der Waals surface area contributed by atoms with Crippen molar-refractivity contribution in [1.82, 2.24) is 14.8 Å². The van der Waals surface area contributed by atoms with Crippen LogP contribution in [0.3, 0.4) is 0 Å². The molecule has 20 heavy (non-hydrogen) atoms. The Kier molecular flexibility index (Phi) is 4.38. The van der Waals surface area contributed by atoms with Gasteiger partial charge in [0.25, 0.3) is 0 Å². The normalized spacial score (nSPS) is 19.1. The van der Waals surface area contributed by atoms with Crippen LogP contribution in [0.4, 0.5) is 0 Å². The number of hydrogen-bond donors (Lipinski definition) is 0. The topological polar surface area (TPSA) is 39.9 Å². The van der Waals surface area contributed by atoms with Gasteiger partial charge >= 0.3 is 0 Å². The molecule has 1 aromatic heterocycles. The number of rotatable bonds is 4. The van der Waals surface area contributed by atoms with Crippen molar-refractivity contribution in [3.63, 3.8) is 0 Å². The molecular weight excluding hydrogens is 270 g/mol. The van der Waals surface area contributed by atoms with E-state index >= 15 is 0 Å². The second kappa shape index (κ2) is 6.41. The van der Waals surface area contributed by atoms with Crippen LogP contribution in [0.1, 0.15) is 24.8 Å². The minimum absolute atomic E-state index is 0.357. The third kappa shape index (κ3) is 3.04. The highest BCUT2D eigenvalue weighted by Gasteiger charge is 2.16. The molecule has 0 aliphatic carbocycles. The van der Waals surface area contributed by atoms with Crippen molar-refractivity contribution >= 4 is 11.8 Å². The van der Waals surface area contributed by atoms with E-state index in [1.807, 2.05) is 12.1 Å². The van der Waals surface area contributed by atoms with Crippen molar-refractivity contribution in [2.24, 2.45) is 0 Å². The van der Waals surface area contributed by atoms with Gasteiger partial charge in [0.1, 0.15) is 6.33 Å². The molecule has 106 valence electrons. The first-order valence-electron chi connectivity index (χ1n) is 7.05. The van der Waals surface area contributed by atoms with E-state index in [1.54, 1.807) is 18.1 Å². The minimum atomic E-state index is 0.357. The van der Waals surface area contributed by atoms with Crippen molar-refractivity contribution in [3.8, 4) is 5.69 Å². The lowest BCUT2D eigenvalue weighted by Crippen LogP contribution is -2.21. The average Bonchev–Trinajstić information content (AvgIpc) is 2.95. The van der Waals surface area contributed by atoms with Crippen LogP contribution in [0.2, 0.25) is 0 Å². The van der Waals surface area contributed by atoms with Gasteiger partial charge in [0, 0.05) is 12.4 Å². The summed E-state index contributed by atoms with van der Waals surface area (Å²) in [6, 6.07) is 8.29. The number of para-hydroxylation sites is 1. The van der Waals surface area contributed by atoms with Crippen molar-refractivity contribution in [2.45, 2.75) is 37.4 Å². The highest BCUT2D eigenvalue weighted by atomic mass is 32.2. The van der Waals surface area contributed by atoms with Gasteiger partial charge in [0.05, 0.1) is 11.8 Å². The Balaban J connectivity index is 1.72. The average molecular weight is 289 g/mol. The Morgan fingerprint density at radius 3 is 3.05 bits per heavy atom.